The number of rotatable bonds is 7. The summed E-state index contributed by atoms with van der Waals surface area (Å²) in [4.78, 5) is 5.23. The second-order valence-electron chi connectivity index (χ2n) is 22.5. The minimum atomic E-state index is -0.118. The fraction of sp³-hybridized carbons (Fsp3) is 0.0390. The summed E-state index contributed by atoms with van der Waals surface area (Å²) in [5.74, 6) is 0. The predicted molar refractivity (Wildman–Crippen MR) is 340 cm³/mol. The SMILES string of the molecule is CC1(C)c2ccccc2-c2cc(-c3cc4c5c(c3)N(c3cc(-c6ccccc6)cc(-c6ccccc6)c3)c3cc6ccccc6cc3B5c3cc5ccccc5cc3N4c3cc(-c4ccccc4)cc(-c4ccccc4)c3)ccc21. The first kappa shape index (κ1) is 46.2. The van der Waals surface area contributed by atoms with Crippen LogP contribution in [0.3, 0.4) is 0 Å². The number of nitrogens with zero attached hydrogens (tertiary/aromatic N) is 2. The summed E-state index contributed by atoms with van der Waals surface area (Å²) >= 11 is 0. The highest BCUT2D eigenvalue weighted by Crippen LogP contribution is 2.52. The van der Waals surface area contributed by atoms with E-state index in [9.17, 15) is 0 Å². The van der Waals surface area contributed by atoms with Crippen LogP contribution in [0.4, 0.5) is 34.1 Å². The van der Waals surface area contributed by atoms with Crippen LogP contribution in [0.15, 0.2) is 285 Å². The molecule has 2 nitrogen and oxygen atoms in total. The monoisotopic (exact) mass is 1020 g/mol. The lowest BCUT2D eigenvalue weighted by Crippen LogP contribution is -2.61. The lowest BCUT2D eigenvalue weighted by atomic mass is 9.33. The Morgan fingerprint density at radius 3 is 1.06 bits per heavy atom. The third kappa shape index (κ3) is 7.35. The number of fused-ring (bicyclic) bond motifs is 9. The highest BCUT2D eigenvalue weighted by Gasteiger charge is 2.45. The first-order valence-electron chi connectivity index (χ1n) is 28.0. The van der Waals surface area contributed by atoms with Crippen LogP contribution in [0.5, 0.6) is 0 Å². The molecule has 0 aromatic heterocycles. The van der Waals surface area contributed by atoms with E-state index in [1.54, 1.807) is 0 Å². The maximum atomic E-state index is 2.62. The molecule has 13 aromatic carbocycles. The molecule has 80 heavy (non-hydrogen) atoms. The second-order valence-corrected chi connectivity index (χ2v) is 22.5. The highest BCUT2D eigenvalue weighted by molar-refractivity contribution is 7.00. The van der Waals surface area contributed by atoms with Gasteiger partial charge in [0, 0.05) is 39.5 Å². The van der Waals surface area contributed by atoms with Gasteiger partial charge in [-0.25, -0.2) is 0 Å². The summed E-state index contributed by atoms with van der Waals surface area (Å²) in [6.07, 6.45) is 0. The molecule has 0 saturated carbocycles. The van der Waals surface area contributed by atoms with Gasteiger partial charge in [-0.1, -0.05) is 232 Å². The van der Waals surface area contributed by atoms with Crippen molar-refractivity contribution in [2.45, 2.75) is 19.3 Å². The first-order chi connectivity index (χ1) is 39.4. The Labute approximate surface area is 468 Å². The minimum absolute atomic E-state index is 0.106. The average molecular weight is 1020 g/mol. The zero-order chi connectivity index (χ0) is 53.1. The van der Waals surface area contributed by atoms with Crippen molar-refractivity contribution in [3.8, 4) is 66.8 Å². The van der Waals surface area contributed by atoms with E-state index in [-0.39, 0.29) is 12.1 Å². The fourth-order valence-electron chi connectivity index (χ4n) is 13.7. The van der Waals surface area contributed by atoms with Gasteiger partial charge < -0.3 is 9.80 Å². The Hall–Kier alpha value is -9.96. The summed E-state index contributed by atoms with van der Waals surface area (Å²) in [6.45, 7) is 4.64. The van der Waals surface area contributed by atoms with Gasteiger partial charge in [-0.05, 0) is 183 Å². The van der Waals surface area contributed by atoms with Crippen molar-refractivity contribution in [3.63, 3.8) is 0 Å². The number of hydrogen-bond donors (Lipinski definition) is 0. The van der Waals surface area contributed by atoms with Crippen molar-refractivity contribution in [3.05, 3.63) is 296 Å². The quantitative estimate of drug-likeness (QED) is 0.147. The van der Waals surface area contributed by atoms with Crippen molar-refractivity contribution in [1.29, 1.82) is 0 Å². The Bertz CT molecular complexity index is 4270. The molecule has 0 spiro atoms. The molecule has 0 N–H and O–H groups in total. The molecule has 2 heterocycles. The molecular formula is C77H53BN2. The van der Waals surface area contributed by atoms with Crippen LogP contribution in [0.2, 0.25) is 0 Å². The highest BCUT2D eigenvalue weighted by atomic mass is 15.2. The molecule has 3 heteroatoms. The van der Waals surface area contributed by atoms with Crippen molar-refractivity contribution >= 4 is 78.8 Å². The van der Waals surface area contributed by atoms with E-state index in [0.717, 1.165) is 16.9 Å². The van der Waals surface area contributed by atoms with Crippen LogP contribution in [0.25, 0.3) is 88.3 Å². The maximum Gasteiger partial charge on any atom is 0.252 e. The van der Waals surface area contributed by atoms with Gasteiger partial charge in [-0.15, -0.1) is 0 Å². The molecular weight excluding hydrogens is 964 g/mol. The topological polar surface area (TPSA) is 6.48 Å². The van der Waals surface area contributed by atoms with Gasteiger partial charge in [0.15, 0.2) is 0 Å². The largest absolute Gasteiger partial charge is 0.311 e. The van der Waals surface area contributed by atoms with E-state index < -0.39 is 0 Å². The third-order valence-corrected chi connectivity index (χ3v) is 17.5. The zero-order valence-electron chi connectivity index (χ0n) is 44.6. The zero-order valence-corrected chi connectivity index (χ0v) is 44.6. The molecule has 16 rings (SSSR count). The van der Waals surface area contributed by atoms with Gasteiger partial charge >= 0.3 is 0 Å². The van der Waals surface area contributed by atoms with Crippen molar-refractivity contribution < 1.29 is 0 Å². The second kappa shape index (κ2) is 18.1. The Morgan fingerprint density at radius 1 is 0.263 bits per heavy atom. The fourth-order valence-corrected chi connectivity index (χ4v) is 13.7. The van der Waals surface area contributed by atoms with Gasteiger partial charge in [0.05, 0.1) is 0 Å². The van der Waals surface area contributed by atoms with Gasteiger partial charge in [0.25, 0.3) is 6.71 Å². The van der Waals surface area contributed by atoms with Crippen molar-refractivity contribution in [1.82, 2.24) is 0 Å². The predicted octanol–water partition coefficient (Wildman–Crippen LogP) is 18.7. The average Bonchev–Trinajstić information content (AvgIpc) is 3.81. The Morgan fingerprint density at radius 2 is 0.625 bits per heavy atom. The Kier molecular flexibility index (Phi) is 10.4. The summed E-state index contributed by atoms with van der Waals surface area (Å²) in [5, 5.41) is 4.87. The normalized spacial score (nSPS) is 13.4. The summed E-state index contributed by atoms with van der Waals surface area (Å²) in [6, 6.07) is 107. The molecule has 0 radical (unpaired) electrons. The van der Waals surface area contributed by atoms with E-state index in [2.05, 4.69) is 309 Å². The molecule has 2 aliphatic heterocycles. The van der Waals surface area contributed by atoms with Gasteiger partial charge in [-0.2, -0.15) is 0 Å². The summed E-state index contributed by atoms with van der Waals surface area (Å²) < 4.78 is 0. The summed E-state index contributed by atoms with van der Waals surface area (Å²) in [7, 11) is 0. The molecule has 13 aromatic rings. The molecule has 1 aliphatic carbocycles. The number of benzene rings is 13. The van der Waals surface area contributed by atoms with Gasteiger partial charge in [0.2, 0.25) is 0 Å². The number of anilines is 6. The van der Waals surface area contributed by atoms with E-state index in [1.807, 2.05) is 0 Å². The molecule has 0 saturated heterocycles. The van der Waals surface area contributed by atoms with Crippen LogP contribution < -0.4 is 26.2 Å². The van der Waals surface area contributed by atoms with Crippen LogP contribution >= 0.6 is 0 Å². The van der Waals surface area contributed by atoms with E-state index in [0.29, 0.717) is 0 Å². The molecule has 0 atom stereocenters. The smallest absolute Gasteiger partial charge is 0.252 e. The molecule has 0 unspecified atom stereocenters. The molecule has 0 amide bonds. The van der Waals surface area contributed by atoms with Gasteiger partial charge in [0.1, 0.15) is 0 Å². The van der Waals surface area contributed by atoms with Crippen LogP contribution in [0, 0.1) is 0 Å². The Balaban J connectivity index is 1.05. The van der Waals surface area contributed by atoms with Crippen LogP contribution in [0.1, 0.15) is 25.0 Å². The van der Waals surface area contributed by atoms with Crippen molar-refractivity contribution in [2.24, 2.45) is 0 Å². The van der Waals surface area contributed by atoms with Gasteiger partial charge in [-0.3, -0.25) is 0 Å². The van der Waals surface area contributed by atoms with Crippen LogP contribution in [-0.4, -0.2) is 6.71 Å². The molecule has 3 aliphatic rings. The molecule has 0 fully saturated rings. The van der Waals surface area contributed by atoms with E-state index in [1.165, 1.54) is 133 Å². The number of hydrogen-bond acceptors (Lipinski definition) is 2. The molecule has 0 bridgehead atoms. The van der Waals surface area contributed by atoms with E-state index >= 15 is 0 Å². The first-order valence-corrected chi connectivity index (χ1v) is 28.0. The lowest BCUT2D eigenvalue weighted by molar-refractivity contribution is 0.660. The molecule has 374 valence electrons. The maximum absolute atomic E-state index is 2.62. The summed E-state index contributed by atoms with van der Waals surface area (Å²) in [5.41, 5.74) is 27.7. The van der Waals surface area contributed by atoms with Crippen LogP contribution in [-0.2, 0) is 5.41 Å². The lowest BCUT2D eigenvalue weighted by Gasteiger charge is -2.45. The minimum Gasteiger partial charge on any atom is -0.311 e. The van der Waals surface area contributed by atoms with Crippen molar-refractivity contribution in [2.75, 3.05) is 9.80 Å². The van der Waals surface area contributed by atoms with E-state index in [4.69, 9.17) is 0 Å². The standard InChI is InChI=1S/C77H53BN2/c1-77(2)68-34-20-19-33-66(68)67-43-58(35-36-69(67)77)63-48-74-76-75(49-63)80(65-41-61(52-25-11-5-12-26-52)38-62(42-65)53-27-13-6-14-28-53)73-47-57-32-18-16-30-55(57)45-71(73)78(76)70-44-54-29-15-17-31-56(54)46-72(70)79(74)64-39-59(50-21-7-3-8-22-50)37-60(40-64)51-23-9-4-10-24-51/h3-49H,1-2H3. The third-order valence-electron chi connectivity index (χ3n) is 17.5.